The first-order valence-electron chi connectivity index (χ1n) is 6.70. The van der Waals surface area contributed by atoms with Crippen LogP contribution in [0.3, 0.4) is 0 Å². The molecule has 1 aliphatic carbocycles. The van der Waals surface area contributed by atoms with Crippen molar-refractivity contribution in [2.45, 2.75) is 42.6 Å². The van der Waals surface area contributed by atoms with Gasteiger partial charge in [-0.15, -0.1) is 0 Å². The fourth-order valence-electron chi connectivity index (χ4n) is 2.47. The van der Waals surface area contributed by atoms with Gasteiger partial charge in [-0.05, 0) is 40.9 Å². The predicted molar refractivity (Wildman–Crippen MR) is 86.8 cm³/mol. The summed E-state index contributed by atoms with van der Waals surface area (Å²) in [5.41, 5.74) is 4.99. The van der Waals surface area contributed by atoms with Crippen LogP contribution < -0.4 is 10.5 Å². The van der Waals surface area contributed by atoms with Gasteiger partial charge in [0.05, 0.1) is 15.0 Å². The first kappa shape index (κ1) is 17.0. The van der Waals surface area contributed by atoms with Gasteiger partial charge >= 0.3 is 0 Å². The van der Waals surface area contributed by atoms with Crippen LogP contribution in [-0.4, -0.2) is 25.7 Å². The van der Waals surface area contributed by atoms with Gasteiger partial charge in [-0.2, -0.15) is 0 Å². The summed E-state index contributed by atoms with van der Waals surface area (Å²) in [5.74, 6) is 0. The zero-order valence-electron chi connectivity index (χ0n) is 11.4. The van der Waals surface area contributed by atoms with Crippen LogP contribution in [0.4, 0.5) is 5.69 Å². The lowest BCUT2D eigenvalue weighted by Crippen LogP contribution is -2.44. The highest BCUT2D eigenvalue weighted by molar-refractivity contribution is 9.10. The highest BCUT2D eigenvalue weighted by atomic mass is 79.9. The molecule has 0 bridgehead atoms. The third-order valence-corrected chi connectivity index (χ3v) is 6.49. The minimum Gasteiger partial charge on any atom is -0.398 e. The van der Waals surface area contributed by atoms with E-state index in [1.54, 1.807) is 0 Å². The molecule has 8 heteroatoms. The molecule has 0 saturated heterocycles. The molecule has 118 valence electrons. The maximum atomic E-state index is 12.4. The van der Waals surface area contributed by atoms with Crippen LogP contribution in [0.25, 0.3) is 0 Å². The molecule has 1 saturated carbocycles. The van der Waals surface area contributed by atoms with E-state index in [1.165, 1.54) is 12.1 Å². The zero-order valence-corrected chi connectivity index (χ0v) is 14.6. The molecule has 1 aliphatic rings. The number of aliphatic hydroxyl groups is 1. The molecule has 0 aromatic heterocycles. The van der Waals surface area contributed by atoms with Crippen LogP contribution >= 0.6 is 27.5 Å². The Kier molecular flexibility index (Phi) is 5.20. The Morgan fingerprint density at radius 3 is 2.57 bits per heavy atom. The average Bonchev–Trinajstić information content (AvgIpc) is 2.42. The smallest absolute Gasteiger partial charge is 0.241 e. The zero-order chi connectivity index (χ0) is 15.7. The van der Waals surface area contributed by atoms with Crippen molar-refractivity contribution in [3.8, 4) is 0 Å². The van der Waals surface area contributed by atoms with Crippen molar-refractivity contribution in [3.63, 3.8) is 0 Å². The largest absolute Gasteiger partial charge is 0.398 e. The minimum absolute atomic E-state index is 0.00576. The molecule has 1 fully saturated rings. The molecule has 0 spiro atoms. The first-order chi connectivity index (χ1) is 9.73. The molecule has 5 nitrogen and oxygen atoms in total. The van der Waals surface area contributed by atoms with E-state index in [2.05, 4.69) is 20.7 Å². The van der Waals surface area contributed by atoms with E-state index in [-0.39, 0.29) is 26.6 Å². The van der Waals surface area contributed by atoms with Crippen molar-refractivity contribution < 1.29 is 13.5 Å². The third kappa shape index (κ3) is 4.10. The number of nitrogen functional groups attached to an aromatic ring is 1. The van der Waals surface area contributed by atoms with Crippen molar-refractivity contribution in [2.24, 2.45) is 0 Å². The number of halogens is 2. The Labute approximate surface area is 138 Å². The third-order valence-electron chi connectivity index (χ3n) is 3.70. The van der Waals surface area contributed by atoms with Gasteiger partial charge in [-0.25, -0.2) is 13.1 Å². The SMILES string of the molecule is Nc1cc(Cl)cc(S(=O)(=O)NCC2(O)CCCCC2)c1Br. The number of benzene rings is 1. The highest BCUT2D eigenvalue weighted by Gasteiger charge is 2.31. The van der Waals surface area contributed by atoms with Gasteiger partial charge in [0.15, 0.2) is 0 Å². The second kappa shape index (κ2) is 6.42. The Bertz CT molecular complexity index is 631. The van der Waals surface area contributed by atoms with Gasteiger partial charge in [0, 0.05) is 17.3 Å². The van der Waals surface area contributed by atoms with Crippen molar-refractivity contribution in [2.75, 3.05) is 12.3 Å². The summed E-state index contributed by atoms with van der Waals surface area (Å²) in [6.07, 6.45) is 4.10. The van der Waals surface area contributed by atoms with Gasteiger partial charge < -0.3 is 10.8 Å². The minimum atomic E-state index is -3.79. The number of hydrogen-bond acceptors (Lipinski definition) is 4. The topological polar surface area (TPSA) is 92.4 Å². The maximum absolute atomic E-state index is 12.4. The number of nitrogens with two attached hydrogens (primary N) is 1. The van der Waals surface area contributed by atoms with Crippen LogP contribution in [0.5, 0.6) is 0 Å². The van der Waals surface area contributed by atoms with Crippen LogP contribution in [0.1, 0.15) is 32.1 Å². The second-order valence-corrected chi connectivity index (χ2v) is 8.38. The summed E-state index contributed by atoms with van der Waals surface area (Å²) in [7, 11) is -3.79. The Balaban J connectivity index is 2.19. The van der Waals surface area contributed by atoms with Crippen molar-refractivity contribution in [1.82, 2.24) is 4.72 Å². The predicted octanol–water partition coefficient (Wildman–Crippen LogP) is 2.66. The van der Waals surface area contributed by atoms with Gasteiger partial charge in [0.2, 0.25) is 10.0 Å². The van der Waals surface area contributed by atoms with E-state index < -0.39 is 15.6 Å². The Hall–Kier alpha value is -0.340. The van der Waals surface area contributed by atoms with E-state index >= 15 is 0 Å². The quantitative estimate of drug-likeness (QED) is 0.681. The molecule has 1 aromatic carbocycles. The number of rotatable bonds is 4. The van der Waals surface area contributed by atoms with Gasteiger partial charge in [-0.3, -0.25) is 0 Å². The highest BCUT2D eigenvalue weighted by Crippen LogP contribution is 2.32. The van der Waals surface area contributed by atoms with Gasteiger partial charge in [-0.1, -0.05) is 30.9 Å². The fourth-order valence-corrected chi connectivity index (χ4v) is 4.88. The lowest BCUT2D eigenvalue weighted by molar-refractivity contribution is 0.00945. The van der Waals surface area contributed by atoms with E-state index in [1.807, 2.05) is 0 Å². The average molecular weight is 398 g/mol. The first-order valence-corrected chi connectivity index (χ1v) is 9.35. The van der Waals surface area contributed by atoms with Crippen molar-refractivity contribution in [3.05, 3.63) is 21.6 Å². The van der Waals surface area contributed by atoms with E-state index in [4.69, 9.17) is 17.3 Å². The molecule has 0 unspecified atom stereocenters. The molecule has 0 atom stereocenters. The maximum Gasteiger partial charge on any atom is 0.241 e. The summed E-state index contributed by atoms with van der Waals surface area (Å²) >= 11 is 9.03. The number of sulfonamides is 1. The summed E-state index contributed by atoms with van der Waals surface area (Å²) in [5, 5.41) is 10.6. The fraction of sp³-hybridized carbons (Fsp3) is 0.538. The summed E-state index contributed by atoms with van der Waals surface area (Å²) in [6, 6.07) is 2.80. The van der Waals surface area contributed by atoms with E-state index in [0.717, 1.165) is 19.3 Å². The lowest BCUT2D eigenvalue weighted by Gasteiger charge is -2.32. The molecule has 0 aliphatic heterocycles. The molecule has 0 heterocycles. The Morgan fingerprint density at radius 1 is 1.33 bits per heavy atom. The monoisotopic (exact) mass is 396 g/mol. The summed E-state index contributed by atoms with van der Waals surface area (Å²) in [4.78, 5) is -0.0214. The number of hydrogen-bond donors (Lipinski definition) is 3. The van der Waals surface area contributed by atoms with Crippen molar-refractivity contribution in [1.29, 1.82) is 0 Å². The summed E-state index contributed by atoms with van der Waals surface area (Å²) in [6.45, 7) is -0.00576. The van der Waals surface area contributed by atoms with E-state index in [0.29, 0.717) is 12.8 Å². The van der Waals surface area contributed by atoms with Gasteiger partial charge in [0.1, 0.15) is 0 Å². The molecule has 0 amide bonds. The van der Waals surface area contributed by atoms with E-state index in [9.17, 15) is 13.5 Å². The number of anilines is 1. The standard InChI is InChI=1S/C13H18BrClN2O3S/c14-12-10(16)6-9(15)7-11(12)21(19,20)17-8-13(18)4-2-1-3-5-13/h6-7,17-18H,1-5,8,16H2. The van der Waals surface area contributed by atoms with Crippen LogP contribution in [0.2, 0.25) is 5.02 Å². The van der Waals surface area contributed by atoms with Crippen LogP contribution in [-0.2, 0) is 10.0 Å². The van der Waals surface area contributed by atoms with Crippen LogP contribution in [0.15, 0.2) is 21.5 Å². The van der Waals surface area contributed by atoms with Crippen LogP contribution in [0, 0.1) is 0 Å². The number of nitrogens with one attached hydrogen (secondary N) is 1. The lowest BCUT2D eigenvalue weighted by atomic mass is 9.85. The molecular weight excluding hydrogens is 380 g/mol. The summed E-state index contributed by atoms with van der Waals surface area (Å²) < 4.78 is 27.5. The van der Waals surface area contributed by atoms with Crippen molar-refractivity contribution >= 4 is 43.2 Å². The normalized spacial score (nSPS) is 18.6. The van der Waals surface area contributed by atoms with Gasteiger partial charge in [0.25, 0.3) is 0 Å². The molecule has 0 radical (unpaired) electrons. The second-order valence-electron chi connectivity index (χ2n) is 5.42. The Morgan fingerprint density at radius 2 is 1.95 bits per heavy atom. The molecule has 21 heavy (non-hydrogen) atoms. The molecule has 2 rings (SSSR count). The molecule has 4 N–H and O–H groups in total. The molecular formula is C13H18BrClN2O3S. The molecule has 1 aromatic rings.